The van der Waals surface area contributed by atoms with E-state index in [0.29, 0.717) is 0 Å². The van der Waals surface area contributed by atoms with Crippen LogP contribution in [0.3, 0.4) is 0 Å². The molecule has 1 aliphatic carbocycles. The quantitative estimate of drug-likeness (QED) is 0.838. The summed E-state index contributed by atoms with van der Waals surface area (Å²) in [5.41, 5.74) is 0.995. The van der Waals surface area contributed by atoms with Crippen molar-refractivity contribution in [2.24, 2.45) is 5.92 Å². The van der Waals surface area contributed by atoms with Gasteiger partial charge in [0, 0.05) is 24.3 Å². The molecule has 1 saturated carbocycles. The van der Waals surface area contributed by atoms with Gasteiger partial charge in [0.05, 0.1) is 6.10 Å². The zero-order valence-electron chi connectivity index (χ0n) is 10.0. The SMILES string of the molecule is FC[C@@]1(c2ccccc2F)NO[C@H]2CC(F)(F)C[C@H]21. The summed E-state index contributed by atoms with van der Waals surface area (Å²) in [4.78, 5) is 5.09. The van der Waals surface area contributed by atoms with Crippen molar-refractivity contribution in [2.45, 2.75) is 30.4 Å². The van der Waals surface area contributed by atoms with Crippen molar-refractivity contribution in [3.8, 4) is 0 Å². The molecular formula is C13H13F4NO. The third-order valence-corrected chi connectivity index (χ3v) is 4.06. The summed E-state index contributed by atoms with van der Waals surface area (Å²) in [6.45, 7) is -0.995. The molecule has 0 radical (unpaired) electrons. The maximum absolute atomic E-state index is 13.9. The van der Waals surface area contributed by atoms with Crippen LogP contribution in [0.15, 0.2) is 24.3 Å². The smallest absolute Gasteiger partial charge is 0.251 e. The van der Waals surface area contributed by atoms with E-state index >= 15 is 0 Å². The highest BCUT2D eigenvalue weighted by atomic mass is 19.3. The predicted octanol–water partition coefficient (Wildman–Crippen LogP) is 2.94. The lowest BCUT2D eigenvalue weighted by Crippen LogP contribution is -2.45. The Kier molecular flexibility index (Phi) is 2.83. The molecule has 1 aromatic carbocycles. The average molecular weight is 275 g/mol. The van der Waals surface area contributed by atoms with Crippen molar-refractivity contribution >= 4 is 0 Å². The van der Waals surface area contributed by atoms with E-state index in [-0.39, 0.29) is 5.56 Å². The van der Waals surface area contributed by atoms with Crippen molar-refractivity contribution < 1.29 is 22.4 Å². The molecule has 19 heavy (non-hydrogen) atoms. The minimum absolute atomic E-state index is 0.0442. The summed E-state index contributed by atoms with van der Waals surface area (Å²) >= 11 is 0. The van der Waals surface area contributed by atoms with E-state index in [9.17, 15) is 17.6 Å². The third-order valence-electron chi connectivity index (χ3n) is 4.06. The van der Waals surface area contributed by atoms with Crippen LogP contribution in [0.2, 0.25) is 0 Å². The largest absolute Gasteiger partial charge is 0.297 e. The molecule has 1 aliphatic heterocycles. The first-order valence-corrected chi connectivity index (χ1v) is 6.10. The number of fused-ring (bicyclic) bond motifs is 1. The summed E-state index contributed by atoms with van der Waals surface area (Å²) in [7, 11) is 0. The van der Waals surface area contributed by atoms with Gasteiger partial charge in [-0.15, -0.1) is 0 Å². The van der Waals surface area contributed by atoms with Gasteiger partial charge in [0.2, 0.25) is 0 Å². The molecule has 2 fully saturated rings. The highest BCUT2D eigenvalue weighted by molar-refractivity contribution is 5.30. The van der Waals surface area contributed by atoms with Crippen LogP contribution in [0, 0.1) is 11.7 Å². The number of hydrogen-bond acceptors (Lipinski definition) is 2. The van der Waals surface area contributed by atoms with Crippen molar-refractivity contribution in [1.82, 2.24) is 5.48 Å². The van der Waals surface area contributed by atoms with Gasteiger partial charge in [-0.3, -0.25) is 4.84 Å². The van der Waals surface area contributed by atoms with Crippen LogP contribution in [0.1, 0.15) is 18.4 Å². The molecule has 0 unspecified atom stereocenters. The Bertz CT molecular complexity index is 495. The Morgan fingerprint density at radius 1 is 1.26 bits per heavy atom. The molecule has 3 rings (SSSR count). The maximum atomic E-state index is 13.9. The van der Waals surface area contributed by atoms with Crippen LogP contribution in [-0.4, -0.2) is 18.7 Å². The fourth-order valence-electron chi connectivity index (χ4n) is 3.12. The first-order valence-electron chi connectivity index (χ1n) is 6.10. The number of rotatable bonds is 2. The molecular weight excluding hydrogens is 262 g/mol. The van der Waals surface area contributed by atoms with Gasteiger partial charge in [0.25, 0.3) is 5.92 Å². The summed E-state index contributed by atoms with van der Waals surface area (Å²) in [5.74, 6) is -4.28. The minimum Gasteiger partial charge on any atom is -0.297 e. The van der Waals surface area contributed by atoms with Crippen LogP contribution >= 0.6 is 0 Å². The summed E-state index contributed by atoms with van der Waals surface area (Å²) in [6, 6.07) is 5.62. The van der Waals surface area contributed by atoms with Crippen molar-refractivity contribution in [1.29, 1.82) is 0 Å². The second-order valence-corrected chi connectivity index (χ2v) is 5.21. The van der Waals surface area contributed by atoms with Gasteiger partial charge in [-0.1, -0.05) is 18.2 Å². The monoisotopic (exact) mass is 275 g/mol. The van der Waals surface area contributed by atoms with Crippen LogP contribution in [0.25, 0.3) is 0 Å². The molecule has 0 aromatic heterocycles. The molecule has 1 aromatic rings. The molecule has 1 heterocycles. The second kappa shape index (κ2) is 4.18. The van der Waals surface area contributed by atoms with Gasteiger partial charge in [0.15, 0.2) is 0 Å². The fraction of sp³-hybridized carbons (Fsp3) is 0.538. The Morgan fingerprint density at radius 3 is 2.68 bits per heavy atom. The highest BCUT2D eigenvalue weighted by Gasteiger charge is 2.61. The number of nitrogens with one attached hydrogen (secondary N) is 1. The zero-order valence-corrected chi connectivity index (χ0v) is 10.0. The maximum Gasteiger partial charge on any atom is 0.251 e. The summed E-state index contributed by atoms with van der Waals surface area (Å²) in [5, 5.41) is 0. The number of alkyl halides is 3. The van der Waals surface area contributed by atoms with E-state index in [1.54, 1.807) is 6.07 Å². The molecule has 3 atom stereocenters. The molecule has 0 amide bonds. The Morgan fingerprint density at radius 2 is 2.00 bits per heavy atom. The van der Waals surface area contributed by atoms with E-state index in [0.717, 1.165) is 0 Å². The average Bonchev–Trinajstić information content (AvgIpc) is 2.84. The second-order valence-electron chi connectivity index (χ2n) is 5.21. The van der Waals surface area contributed by atoms with Crippen molar-refractivity contribution in [3.05, 3.63) is 35.6 Å². The van der Waals surface area contributed by atoms with Crippen LogP contribution < -0.4 is 5.48 Å². The third kappa shape index (κ3) is 1.85. The number of benzene rings is 1. The van der Waals surface area contributed by atoms with Gasteiger partial charge >= 0.3 is 0 Å². The Labute approximate surface area is 107 Å². The number of hydrogen-bond donors (Lipinski definition) is 1. The molecule has 0 spiro atoms. The topological polar surface area (TPSA) is 21.3 Å². The lowest BCUT2D eigenvalue weighted by molar-refractivity contribution is -0.0554. The summed E-state index contributed by atoms with van der Waals surface area (Å²) < 4.78 is 54.3. The van der Waals surface area contributed by atoms with E-state index in [1.807, 2.05) is 0 Å². The first-order chi connectivity index (χ1) is 8.98. The number of hydroxylamine groups is 1. The van der Waals surface area contributed by atoms with Gasteiger partial charge in [0.1, 0.15) is 18.0 Å². The summed E-state index contributed by atoms with van der Waals surface area (Å²) in [6.07, 6.45) is -1.74. The number of halogens is 4. The van der Waals surface area contributed by atoms with E-state index in [1.165, 1.54) is 18.2 Å². The Balaban J connectivity index is 2.04. The molecule has 1 N–H and O–H groups in total. The fourth-order valence-corrected chi connectivity index (χ4v) is 3.12. The van der Waals surface area contributed by atoms with Gasteiger partial charge in [-0.25, -0.2) is 17.6 Å². The molecule has 2 aliphatic rings. The van der Waals surface area contributed by atoms with E-state index < -0.39 is 48.8 Å². The normalized spacial score (nSPS) is 36.4. The van der Waals surface area contributed by atoms with Crippen LogP contribution in [0.5, 0.6) is 0 Å². The Hall–Kier alpha value is -1.14. The molecule has 1 saturated heterocycles. The molecule has 6 heteroatoms. The lowest BCUT2D eigenvalue weighted by Gasteiger charge is -2.31. The lowest BCUT2D eigenvalue weighted by atomic mass is 9.78. The van der Waals surface area contributed by atoms with Gasteiger partial charge < -0.3 is 0 Å². The van der Waals surface area contributed by atoms with E-state index in [2.05, 4.69) is 5.48 Å². The van der Waals surface area contributed by atoms with Crippen molar-refractivity contribution in [2.75, 3.05) is 6.67 Å². The zero-order chi connectivity index (χ0) is 13.7. The van der Waals surface area contributed by atoms with E-state index in [4.69, 9.17) is 4.84 Å². The minimum atomic E-state index is -2.89. The highest BCUT2D eigenvalue weighted by Crippen LogP contribution is 2.52. The van der Waals surface area contributed by atoms with Crippen molar-refractivity contribution in [3.63, 3.8) is 0 Å². The van der Waals surface area contributed by atoms with Crippen LogP contribution in [0.4, 0.5) is 17.6 Å². The van der Waals surface area contributed by atoms with Gasteiger partial charge in [-0.05, 0) is 6.07 Å². The standard InChI is InChI=1S/C13H13F4NO/c14-7-13(8-3-1-2-4-10(8)15)9-5-12(16,17)6-11(9)19-18-13/h1-4,9,11,18H,5-7H2/t9-,11+,13+/m1/s1. The van der Waals surface area contributed by atoms with Gasteiger partial charge in [-0.2, -0.15) is 5.48 Å². The molecule has 2 nitrogen and oxygen atoms in total. The molecule has 104 valence electrons. The predicted molar refractivity (Wildman–Crippen MR) is 59.7 cm³/mol. The first kappa shape index (κ1) is 12.9. The van der Waals surface area contributed by atoms with Crippen LogP contribution in [-0.2, 0) is 10.4 Å². The molecule has 0 bridgehead atoms.